The van der Waals surface area contributed by atoms with Crippen LogP contribution >= 0.6 is 11.8 Å². The first-order valence-corrected chi connectivity index (χ1v) is 12.4. The van der Waals surface area contributed by atoms with Crippen molar-refractivity contribution in [2.24, 2.45) is 11.0 Å². The van der Waals surface area contributed by atoms with Crippen LogP contribution in [0.3, 0.4) is 0 Å². The van der Waals surface area contributed by atoms with Gasteiger partial charge in [0.15, 0.2) is 5.71 Å². The van der Waals surface area contributed by atoms with Gasteiger partial charge in [-0.2, -0.15) is 5.10 Å². The lowest BCUT2D eigenvalue weighted by Gasteiger charge is -2.42. The van der Waals surface area contributed by atoms with Crippen molar-refractivity contribution >= 4 is 29.5 Å². The lowest BCUT2D eigenvalue weighted by Crippen LogP contribution is -2.50. The molecule has 3 unspecified atom stereocenters. The number of nitrogens with zero attached hydrogens (tertiary/aromatic N) is 3. The third-order valence-corrected chi connectivity index (χ3v) is 7.49. The molecule has 1 fully saturated rings. The molecule has 0 saturated carbocycles. The summed E-state index contributed by atoms with van der Waals surface area (Å²) >= 11 is 1.79. The molecule has 1 saturated heterocycles. The van der Waals surface area contributed by atoms with Crippen molar-refractivity contribution in [3.63, 3.8) is 0 Å². The highest BCUT2D eigenvalue weighted by atomic mass is 32.2. The summed E-state index contributed by atoms with van der Waals surface area (Å²) in [6.07, 6.45) is 1.50. The zero-order valence-electron chi connectivity index (χ0n) is 19.6. The van der Waals surface area contributed by atoms with Crippen LogP contribution in [-0.2, 0) is 14.3 Å². The number of thioether (sulfide) groups is 1. The second-order valence-corrected chi connectivity index (χ2v) is 10.7. The van der Waals surface area contributed by atoms with Gasteiger partial charge in [0.1, 0.15) is 5.60 Å². The predicted octanol–water partition coefficient (Wildman–Crippen LogP) is 4.39. The smallest absolute Gasteiger partial charge is 0.410 e. The van der Waals surface area contributed by atoms with Crippen LogP contribution in [0.5, 0.6) is 0 Å². The summed E-state index contributed by atoms with van der Waals surface area (Å²) in [7, 11) is 0. The number of carbonyl (C=O) groups is 2. The van der Waals surface area contributed by atoms with Crippen molar-refractivity contribution in [1.29, 1.82) is 0 Å². The Labute approximate surface area is 194 Å². The number of likely N-dealkylation sites (tertiary alicyclic amines) is 1. The van der Waals surface area contributed by atoms with E-state index in [0.717, 1.165) is 18.6 Å². The normalized spacial score (nSPS) is 25.0. The SMILES string of the molecule is CCOC(=O)C1=NN(C2CCCN(C(=O)OC(C)(C)C)C2)C2c3cccc(C)c3SCC12. The Morgan fingerprint density at radius 3 is 2.78 bits per heavy atom. The van der Waals surface area contributed by atoms with Crippen LogP contribution in [0.15, 0.2) is 28.2 Å². The molecule has 1 amide bonds. The molecule has 32 heavy (non-hydrogen) atoms. The topological polar surface area (TPSA) is 71.4 Å². The summed E-state index contributed by atoms with van der Waals surface area (Å²) in [5.41, 5.74) is 2.43. The number of carbonyl (C=O) groups excluding carboxylic acids is 2. The zero-order chi connectivity index (χ0) is 23.0. The van der Waals surface area contributed by atoms with E-state index in [4.69, 9.17) is 14.6 Å². The molecule has 0 N–H and O–H groups in total. The third kappa shape index (κ3) is 4.47. The zero-order valence-corrected chi connectivity index (χ0v) is 20.4. The monoisotopic (exact) mass is 459 g/mol. The molecule has 174 valence electrons. The van der Waals surface area contributed by atoms with Gasteiger partial charge >= 0.3 is 12.1 Å². The highest BCUT2D eigenvalue weighted by Gasteiger charge is 2.48. The van der Waals surface area contributed by atoms with Crippen molar-refractivity contribution in [3.05, 3.63) is 29.3 Å². The van der Waals surface area contributed by atoms with Gasteiger partial charge in [0, 0.05) is 29.7 Å². The van der Waals surface area contributed by atoms with E-state index in [-0.39, 0.29) is 30.1 Å². The molecule has 0 aliphatic carbocycles. The standard InChI is InChI=1S/C24H33N3O4S/c1-6-30-22(28)19-18-14-32-21-15(2)9-7-11-17(21)20(18)27(25-19)16-10-8-12-26(13-16)23(29)31-24(3,4)5/h7,9,11,16,18,20H,6,8,10,12-14H2,1-5H3. The molecule has 4 rings (SSSR count). The molecule has 3 aliphatic rings. The molecular formula is C24H33N3O4S. The Morgan fingerprint density at radius 2 is 2.06 bits per heavy atom. The maximum Gasteiger partial charge on any atom is 0.410 e. The van der Waals surface area contributed by atoms with Gasteiger partial charge in [-0.3, -0.25) is 5.01 Å². The Balaban J connectivity index is 1.64. The minimum Gasteiger partial charge on any atom is -0.461 e. The molecule has 8 heteroatoms. The van der Waals surface area contributed by atoms with Gasteiger partial charge in [0.25, 0.3) is 0 Å². The molecule has 0 aromatic heterocycles. The maximum atomic E-state index is 12.8. The Bertz CT molecular complexity index is 926. The van der Waals surface area contributed by atoms with E-state index in [2.05, 4.69) is 30.1 Å². The predicted molar refractivity (Wildman–Crippen MR) is 125 cm³/mol. The molecule has 0 spiro atoms. The van der Waals surface area contributed by atoms with Gasteiger partial charge in [0.05, 0.1) is 18.7 Å². The fourth-order valence-electron chi connectivity index (χ4n) is 4.77. The lowest BCUT2D eigenvalue weighted by atomic mass is 9.88. The van der Waals surface area contributed by atoms with E-state index in [1.54, 1.807) is 16.7 Å². The van der Waals surface area contributed by atoms with Crippen LogP contribution in [-0.4, -0.2) is 64.8 Å². The summed E-state index contributed by atoms with van der Waals surface area (Å²) in [5.74, 6) is 0.436. The molecule has 3 heterocycles. The second kappa shape index (κ2) is 8.96. The number of fused-ring (bicyclic) bond motifs is 3. The molecule has 1 aromatic carbocycles. The molecule has 3 aliphatic heterocycles. The van der Waals surface area contributed by atoms with Gasteiger partial charge < -0.3 is 14.4 Å². The van der Waals surface area contributed by atoms with Crippen LogP contribution in [0, 0.1) is 12.8 Å². The van der Waals surface area contributed by atoms with Gasteiger partial charge in [0.2, 0.25) is 0 Å². The third-order valence-electron chi connectivity index (χ3n) is 6.12. The molecule has 1 aromatic rings. The average Bonchev–Trinajstić information content (AvgIpc) is 3.13. The van der Waals surface area contributed by atoms with Gasteiger partial charge in [-0.1, -0.05) is 18.2 Å². The minimum absolute atomic E-state index is 0.0193. The number of hydrazone groups is 1. The van der Waals surface area contributed by atoms with E-state index in [9.17, 15) is 9.59 Å². The first-order valence-electron chi connectivity index (χ1n) is 11.4. The lowest BCUT2D eigenvalue weighted by molar-refractivity contribution is -0.135. The summed E-state index contributed by atoms with van der Waals surface area (Å²) in [6, 6.07) is 6.35. The quantitative estimate of drug-likeness (QED) is 0.624. The van der Waals surface area contributed by atoms with Crippen molar-refractivity contribution in [2.45, 2.75) is 70.0 Å². The minimum atomic E-state index is -0.533. The molecule has 0 radical (unpaired) electrons. The molecule has 3 atom stereocenters. The fourth-order valence-corrected chi connectivity index (χ4v) is 6.11. The van der Waals surface area contributed by atoms with E-state index in [1.807, 2.05) is 27.7 Å². The highest BCUT2D eigenvalue weighted by molar-refractivity contribution is 7.99. The van der Waals surface area contributed by atoms with E-state index in [0.29, 0.717) is 25.4 Å². The van der Waals surface area contributed by atoms with E-state index >= 15 is 0 Å². The molecular weight excluding hydrogens is 426 g/mol. The number of piperidine rings is 1. The highest BCUT2D eigenvalue weighted by Crippen LogP contribution is 2.49. The van der Waals surface area contributed by atoms with Crippen molar-refractivity contribution in [1.82, 2.24) is 9.91 Å². The number of hydrogen-bond donors (Lipinski definition) is 0. The Morgan fingerprint density at radius 1 is 1.28 bits per heavy atom. The van der Waals surface area contributed by atoms with Gasteiger partial charge in [-0.15, -0.1) is 11.8 Å². The second-order valence-electron chi connectivity index (χ2n) is 9.66. The number of rotatable bonds is 3. The number of hydrogen-bond acceptors (Lipinski definition) is 7. The summed E-state index contributed by atoms with van der Waals surface area (Å²) < 4.78 is 11.0. The van der Waals surface area contributed by atoms with Crippen molar-refractivity contribution in [2.75, 3.05) is 25.4 Å². The fraction of sp³-hybridized carbons (Fsp3) is 0.625. The van der Waals surface area contributed by atoms with Gasteiger partial charge in [-0.25, -0.2) is 9.59 Å². The van der Waals surface area contributed by atoms with Crippen LogP contribution < -0.4 is 0 Å². The number of aryl methyl sites for hydroxylation is 1. The summed E-state index contributed by atoms with van der Waals surface area (Å²) in [4.78, 5) is 28.5. The molecule has 0 bridgehead atoms. The summed E-state index contributed by atoms with van der Waals surface area (Å²) in [6.45, 7) is 11.1. The number of amides is 1. The summed E-state index contributed by atoms with van der Waals surface area (Å²) in [5, 5.41) is 6.94. The first kappa shape index (κ1) is 23.0. The van der Waals surface area contributed by atoms with Crippen LogP contribution in [0.2, 0.25) is 0 Å². The largest absolute Gasteiger partial charge is 0.461 e. The van der Waals surface area contributed by atoms with E-state index in [1.165, 1.54) is 16.0 Å². The maximum absolute atomic E-state index is 12.8. The van der Waals surface area contributed by atoms with Crippen LogP contribution in [0.1, 0.15) is 57.7 Å². The Kier molecular flexibility index (Phi) is 6.43. The molecule has 7 nitrogen and oxygen atoms in total. The first-order chi connectivity index (χ1) is 15.2. The van der Waals surface area contributed by atoms with E-state index < -0.39 is 5.60 Å². The number of ether oxygens (including phenoxy) is 2. The van der Waals surface area contributed by atoms with Crippen LogP contribution in [0.4, 0.5) is 4.79 Å². The van der Waals surface area contributed by atoms with Crippen LogP contribution in [0.25, 0.3) is 0 Å². The van der Waals surface area contributed by atoms with Gasteiger partial charge in [-0.05, 0) is 58.6 Å². The number of esters is 1. The van der Waals surface area contributed by atoms with Crippen molar-refractivity contribution in [3.8, 4) is 0 Å². The Hall–Kier alpha value is -2.22. The average molecular weight is 460 g/mol. The van der Waals surface area contributed by atoms with Crippen molar-refractivity contribution < 1.29 is 19.1 Å². The number of benzene rings is 1.